The fourth-order valence-electron chi connectivity index (χ4n) is 1.03. The van der Waals surface area contributed by atoms with E-state index in [4.69, 9.17) is 23.2 Å². The number of hydrogen-bond acceptors (Lipinski definition) is 4. The molecule has 1 aromatic rings. The third kappa shape index (κ3) is 2.93. The normalized spacial score (nSPS) is 9.87. The van der Waals surface area contributed by atoms with Gasteiger partial charge in [-0.05, 0) is 12.1 Å². The number of esters is 1. The van der Waals surface area contributed by atoms with E-state index in [9.17, 15) is 4.79 Å². The van der Waals surface area contributed by atoms with Gasteiger partial charge in [0.2, 0.25) is 0 Å². The molecule has 0 unspecified atom stereocenters. The van der Waals surface area contributed by atoms with Crippen molar-refractivity contribution in [3.63, 3.8) is 0 Å². The zero-order chi connectivity index (χ0) is 11.4. The quantitative estimate of drug-likeness (QED) is 0.671. The number of rotatable bonds is 3. The standard InChI is InChI=1S/C9H9Cl2NO2S/c1-14-9(13)6-3-5(10)4-7(8(6)11)12-15-2/h3-4,12H,1-2H3. The molecule has 0 aliphatic carbocycles. The van der Waals surface area contributed by atoms with Crippen LogP contribution in [0.25, 0.3) is 0 Å². The van der Waals surface area contributed by atoms with Gasteiger partial charge in [-0.15, -0.1) is 0 Å². The number of anilines is 1. The van der Waals surface area contributed by atoms with E-state index in [0.29, 0.717) is 15.7 Å². The summed E-state index contributed by atoms with van der Waals surface area (Å²) in [6.07, 6.45) is 1.84. The average molecular weight is 266 g/mol. The number of halogens is 2. The number of benzene rings is 1. The molecule has 0 aliphatic heterocycles. The van der Waals surface area contributed by atoms with Crippen molar-refractivity contribution in [3.05, 3.63) is 27.7 Å². The number of carbonyl (C=O) groups is 1. The largest absolute Gasteiger partial charge is 0.465 e. The Morgan fingerprint density at radius 1 is 1.47 bits per heavy atom. The van der Waals surface area contributed by atoms with Crippen LogP contribution in [0.2, 0.25) is 10.0 Å². The number of carbonyl (C=O) groups excluding carboxylic acids is 1. The molecule has 82 valence electrons. The zero-order valence-electron chi connectivity index (χ0n) is 8.14. The van der Waals surface area contributed by atoms with E-state index < -0.39 is 5.97 Å². The summed E-state index contributed by atoms with van der Waals surface area (Å²) in [7, 11) is 1.29. The van der Waals surface area contributed by atoms with Crippen LogP contribution in [0, 0.1) is 0 Å². The molecular weight excluding hydrogens is 257 g/mol. The van der Waals surface area contributed by atoms with Crippen LogP contribution in [0.5, 0.6) is 0 Å². The molecule has 0 aromatic heterocycles. The Kier molecular flexibility index (Phi) is 4.57. The van der Waals surface area contributed by atoms with E-state index >= 15 is 0 Å². The summed E-state index contributed by atoms with van der Waals surface area (Å²) in [5, 5.41) is 0.733. The molecule has 15 heavy (non-hydrogen) atoms. The van der Waals surface area contributed by atoms with Crippen molar-refractivity contribution in [1.82, 2.24) is 0 Å². The van der Waals surface area contributed by atoms with Gasteiger partial charge in [-0.3, -0.25) is 0 Å². The minimum Gasteiger partial charge on any atom is -0.465 e. The van der Waals surface area contributed by atoms with Crippen LogP contribution < -0.4 is 4.72 Å². The Hall–Kier alpha value is -0.580. The highest BCUT2D eigenvalue weighted by atomic mass is 35.5. The van der Waals surface area contributed by atoms with Gasteiger partial charge in [0, 0.05) is 11.3 Å². The molecule has 0 saturated carbocycles. The molecule has 0 spiro atoms. The predicted octanol–water partition coefficient (Wildman–Crippen LogP) is 3.47. The molecule has 0 fully saturated rings. The first-order chi connectivity index (χ1) is 7.10. The zero-order valence-corrected chi connectivity index (χ0v) is 10.5. The first-order valence-corrected chi connectivity index (χ1v) is 5.94. The topological polar surface area (TPSA) is 38.3 Å². The molecule has 1 N–H and O–H groups in total. The highest BCUT2D eigenvalue weighted by Gasteiger charge is 2.15. The van der Waals surface area contributed by atoms with Crippen molar-refractivity contribution in [3.8, 4) is 0 Å². The van der Waals surface area contributed by atoms with Gasteiger partial charge in [0.15, 0.2) is 0 Å². The minimum absolute atomic E-state index is 0.253. The number of ether oxygens (including phenoxy) is 1. The number of nitrogens with one attached hydrogen (secondary N) is 1. The highest BCUT2D eigenvalue weighted by Crippen LogP contribution is 2.31. The fourth-order valence-corrected chi connectivity index (χ4v) is 1.92. The maximum atomic E-state index is 11.3. The van der Waals surface area contributed by atoms with Crippen molar-refractivity contribution in [2.45, 2.75) is 0 Å². The van der Waals surface area contributed by atoms with Crippen LogP contribution in [0.4, 0.5) is 5.69 Å². The molecule has 3 nitrogen and oxygen atoms in total. The van der Waals surface area contributed by atoms with Crippen molar-refractivity contribution in [2.75, 3.05) is 18.1 Å². The van der Waals surface area contributed by atoms with Crippen molar-refractivity contribution in [2.24, 2.45) is 0 Å². The summed E-state index contributed by atoms with van der Waals surface area (Å²) in [5.74, 6) is -0.508. The summed E-state index contributed by atoms with van der Waals surface area (Å²) in [6, 6.07) is 3.12. The van der Waals surface area contributed by atoms with E-state index in [1.54, 1.807) is 6.07 Å². The smallest absolute Gasteiger partial charge is 0.339 e. The van der Waals surface area contributed by atoms with Crippen LogP contribution in [0.3, 0.4) is 0 Å². The lowest BCUT2D eigenvalue weighted by atomic mass is 10.2. The Bertz CT molecular complexity index is 385. The van der Waals surface area contributed by atoms with Gasteiger partial charge in [0.25, 0.3) is 0 Å². The summed E-state index contributed by atoms with van der Waals surface area (Å²) < 4.78 is 7.52. The summed E-state index contributed by atoms with van der Waals surface area (Å²) in [5.41, 5.74) is 0.847. The lowest BCUT2D eigenvalue weighted by Crippen LogP contribution is -2.03. The average Bonchev–Trinajstić information content (AvgIpc) is 2.22. The van der Waals surface area contributed by atoms with Crippen LogP contribution in [0.1, 0.15) is 10.4 Å². The first kappa shape index (κ1) is 12.5. The van der Waals surface area contributed by atoms with Gasteiger partial charge in [0.05, 0.1) is 23.4 Å². The SMILES string of the molecule is COC(=O)c1cc(Cl)cc(NSC)c1Cl. The van der Waals surface area contributed by atoms with E-state index in [1.165, 1.54) is 25.1 Å². The van der Waals surface area contributed by atoms with Crippen molar-refractivity contribution in [1.29, 1.82) is 0 Å². The molecular formula is C9H9Cl2NO2S. The van der Waals surface area contributed by atoms with Gasteiger partial charge in [-0.2, -0.15) is 0 Å². The first-order valence-electron chi connectivity index (χ1n) is 3.96. The van der Waals surface area contributed by atoms with Crippen molar-refractivity contribution < 1.29 is 9.53 Å². The predicted molar refractivity (Wildman–Crippen MR) is 64.9 cm³/mol. The van der Waals surface area contributed by atoms with E-state index in [2.05, 4.69) is 9.46 Å². The molecule has 1 aromatic carbocycles. The lowest BCUT2D eigenvalue weighted by molar-refractivity contribution is 0.0601. The molecule has 0 amide bonds. The molecule has 0 bridgehead atoms. The Balaban J connectivity index is 3.21. The summed E-state index contributed by atoms with van der Waals surface area (Å²) >= 11 is 13.2. The third-order valence-corrected chi connectivity index (χ3v) is 2.70. The van der Waals surface area contributed by atoms with E-state index in [0.717, 1.165) is 0 Å². The molecule has 6 heteroatoms. The second-order valence-corrected chi connectivity index (χ2v) is 4.04. The van der Waals surface area contributed by atoms with E-state index in [-0.39, 0.29) is 5.56 Å². The summed E-state index contributed by atoms with van der Waals surface area (Å²) in [4.78, 5) is 11.3. The molecule has 0 heterocycles. The Labute approximate surface area is 102 Å². The monoisotopic (exact) mass is 265 g/mol. The fraction of sp³-hybridized carbons (Fsp3) is 0.222. The molecule has 0 radical (unpaired) electrons. The maximum absolute atomic E-state index is 11.3. The molecule has 0 saturated heterocycles. The van der Waals surface area contributed by atoms with Crippen LogP contribution >= 0.6 is 35.1 Å². The summed E-state index contributed by atoms with van der Waals surface area (Å²) in [6.45, 7) is 0. The highest BCUT2D eigenvalue weighted by molar-refractivity contribution is 7.99. The van der Waals surface area contributed by atoms with Crippen LogP contribution in [-0.4, -0.2) is 19.3 Å². The third-order valence-electron chi connectivity index (χ3n) is 1.65. The Morgan fingerprint density at radius 3 is 2.67 bits per heavy atom. The van der Waals surface area contributed by atoms with Gasteiger partial charge in [0.1, 0.15) is 0 Å². The number of hydrogen-bond donors (Lipinski definition) is 1. The molecule has 1 rings (SSSR count). The second kappa shape index (κ2) is 5.49. The lowest BCUT2D eigenvalue weighted by Gasteiger charge is -2.09. The van der Waals surface area contributed by atoms with Gasteiger partial charge in [-0.25, -0.2) is 4.79 Å². The minimum atomic E-state index is -0.508. The second-order valence-electron chi connectivity index (χ2n) is 2.61. The van der Waals surface area contributed by atoms with Gasteiger partial charge < -0.3 is 9.46 Å². The van der Waals surface area contributed by atoms with E-state index in [1.807, 2.05) is 6.26 Å². The Morgan fingerprint density at radius 2 is 2.13 bits per heavy atom. The molecule has 0 aliphatic rings. The van der Waals surface area contributed by atoms with Crippen molar-refractivity contribution >= 4 is 46.8 Å². The van der Waals surface area contributed by atoms with Crippen LogP contribution in [-0.2, 0) is 4.74 Å². The molecule has 0 atom stereocenters. The van der Waals surface area contributed by atoms with Crippen LogP contribution in [0.15, 0.2) is 12.1 Å². The van der Waals surface area contributed by atoms with Gasteiger partial charge in [-0.1, -0.05) is 35.1 Å². The van der Waals surface area contributed by atoms with Gasteiger partial charge >= 0.3 is 5.97 Å². The number of methoxy groups -OCH3 is 1. The maximum Gasteiger partial charge on any atom is 0.339 e.